The molecule has 100 valence electrons. The molecule has 0 aromatic carbocycles. The lowest BCUT2D eigenvalue weighted by atomic mass is 9.99. The molecule has 0 aromatic rings. The summed E-state index contributed by atoms with van der Waals surface area (Å²) in [7, 11) is -0.385. The van der Waals surface area contributed by atoms with E-state index in [0.29, 0.717) is 13.1 Å². The van der Waals surface area contributed by atoms with Gasteiger partial charge < -0.3 is 5.32 Å². The van der Waals surface area contributed by atoms with E-state index in [1.165, 1.54) is 22.7 Å². The summed E-state index contributed by atoms with van der Waals surface area (Å²) < 4.78 is 26.4. The summed E-state index contributed by atoms with van der Waals surface area (Å²) in [5.41, 5.74) is 0. The van der Waals surface area contributed by atoms with E-state index in [9.17, 15) is 13.2 Å². The fraction of sp³-hybridized carbons (Fsp3) is 0.900. The monoisotopic (exact) mass is 263 g/mol. The summed E-state index contributed by atoms with van der Waals surface area (Å²) in [5.74, 6) is -0.274. The zero-order valence-electron chi connectivity index (χ0n) is 10.6. The van der Waals surface area contributed by atoms with Crippen LogP contribution in [0.3, 0.4) is 0 Å². The quantitative estimate of drug-likeness (QED) is 0.753. The Hall–Kier alpha value is -0.660. The molecule has 17 heavy (non-hydrogen) atoms. The molecular formula is C10H21N3O3S. The van der Waals surface area contributed by atoms with E-state index in [4.69, 9.17) is 0 Å². The van der Waals surface area contributed by atoms with Gasteiger partial charge in [0.15, 0.2) is 0 Å². The molecular weight excluding hydrogens is 242 g/mol. The second kappa shape index (κ2) is 5.79. The molecule has 0 bridgehead atoms. The van der Waals surface area contributed by atoms with E-state index in [0.717, 1.165) is 12.8 Å². The van der Waals surface area contributed by atoms with Gasteiger partial charge in [-0.2, -0.15) is 17.0 Å². The largest absolute Gasteiger partial charge is 0.356 e. The van der Waals surface area contributed by atoms with Gasteiger partial charge in [-0.05, 0) is 19.8 Å². The number of carbonyl (C=O) groups is 1. The highest BCUT2D eigenvalue weighted by Gasteiger charge is 2.33. The first kappa shape index (κ1) is 14.4. The lowest BCUT2D eigenvalue weighted by molar-refractivity contribution is -0.125. The normalized spacial score (nSPS) is 22.7. The third-order valence-electron chi connectivity index (χ3n) is 2.89. The molecule has 1 heterocycles. The van der Waals surface area contributed by atoms with Gasteiger partial charge in [0.25, 0.3) is 10.2 Å². The van der Waals surface area contributed by atoms with Crippen molar-refractivity contribution in [2.45, 2.75) is 19.8 Å². The molecule has 0 aliphatic carbocycles. The van der Waals surface area contributed by atoms with E-state index >= 15 is 0 Å². The van der Waals surface area contributed by atoms with Crippen molar-refractivity contribution < 1.29 is 13.2 Å². The van der Waals surface area contributed by atoms with Crippen LogP contribution >= 0.6 is 0 Å². The smallest absolute Gasteiger partial charge is 0.281 e. The molecule has 1 saturated heterocycles. The molecule has 1 amide bonds. The highest BCUT2D eigenvalue weighted by atomic mass is 32.2. The van der Waals surface area contributed by atoms with Crippen LogP contribution in [0, 0.1) is 5.92 Å². The Balaban J connectivity index is 2.70. The van der Waals surface area contributed by atoms with Crippen molar-refractivity contribution in [3.05, 3.63) is 0 Å². The summed E-state index contributed by atoms with van der Waals surface area (Å²) in [5, 5.41) is 2.74. The van der Waals surface area contributed by atoms with Gasteiger partial charge in [0.1, 0.15) is 0 Å². The topological polar surface area (TPSA) is 69.7 Å². The fourth-order valence-corrected chi connectivity index (χ4v) is 3.11. The predicted octanol–water partition coefficient (Wildman–Crippen LogP) is -0.359. The van der Waals surface area contributed by atoms with Gasteiger partial charge in [-0.1, -0.05) is 0 Å². The van der Waals surface area contributed by atoms with Crippen LogP contribution in [-0.4, -0.2) is 56.7 Å². The van der Waals surface area contributed by atoms with Gasteiger partial charge in [-0.25, -0.2) is 0 Å². The van der Waals surface area contributed by atoms with E-state index in [1.54, 1.807) is 0 Å². The highest BCUT2D eigenvalue weighted by molar-refractivity contribution is 7.86. The average Bonchev–Trinajstić information content (AvgIpc) is 2.29. The summed E-state index contributed by atoms with van der Waals surface area (Å²) >= 11 is 0. The molecule has 6 nitrogen and oxygen atoms in total. The van der Waals surface area contributed by atoms with Gasteiger partial charge in [0, 0.05) is 33.7 Å². The minimum Gasteiger partial charge on any atom is -0.356 e. The van der Waals surface area contributed by atoms with Crippen molar-refractivity contribution >= 4 is 16.1 Å². The Labute approximate surface area is 103 Å². The molecule has 0 saturated carbocycles. The maximum absolute atomic E-state index is 11.9. The summed E-state index contributed by atoms with van der Waals surface area (Å²) in [6.07, 6.45) is 1.49. The first-order valence-electron chi connectivity index (χ1n) is 5.85. The third kappa shape index (κ3) is 3.40. The van der Waals surface area contributed by atoms with E-state index in [1.807, 2.05) is 6.92 Å². The zero-order chi connectivity index (χ0) is 13.1. The van der Waals surface area contributed by atoms with Crippen molar-refractivity contribution in [2.24, 2.45) is 5.92 Å². The third-order valence-corrected chi connectivity index (χ3v) is 4.80. The Morgan fingerprint density at radius 3 is 2.65 bits per heavy atom. The maximum atomic E-state index is 11.9. The van der Waals surface area contributed by atoms with Crippen LogP contribution in [0.25, 0.3) is 0 Å². The molecule has 1 aliphatic rings. The van der Waals surface area contributed by atoms with Crippen molar-refractivity contribution in [1.82, 2.24) is 13.9 Å². The van der Waals surface area contributed by atoms with Gasteiger partial charge >= 0.3 is 0 Å². The highest BCUT2D eigenvalue weighted by Crippen LogP contribution is 2.20. The van der Waals surface area contributed by atoms with Gasteiger partial charge in [-0.15, -0.1) is 0 Å². The van der Waals surface area contributed by atoms with Crippen LogP contribution in [0.4, 0.5) is 0 Å². The minimum absolute atomic E-state index is 0.0499. The molecule has 1 unspecified atom stereocenters. The summed E-state index contributed by atoms with van der Waals surface area (Å²) in [6, 6.07) is 0. The van der Waals surface area contributed by atoms with Crippen LogP contribution in [0.15, 0.2) is 0 Å². The van der Waals surface area contributed by atoms with Crippen molar-refractivity contribution in [2.75, 3.05) is 33.7 Å². The van der Waals surface area contributed by atoms with E-state index in [-0.39, 0.29) is 18.4 Å². The number of hydrogen-bond donors (Lipinski definition) is 1. The molecule has 0 aromatic heterocycles. The van der Waals surface area contributed by atoms with Crippen molar-refractivity contribution in [1.29, 1.82) is 0 Å². The standard InChI is InChI=1S/C10H21N3O3S/c1-4-11-10(14)9-6-5-7-13(8-9)17(15,16)12(2)3/h9H,4-8H2,1-3H3,(H,11,14). The molecule has 7 heteroatoms. The first-order valence-corrected chi connectivity index (χ1v) is 7.24. The molecule has 1 rings (SSSR count). The Morgan fingerprint density at radius 1 is 1.47 bits per heavy atom. The van der Waals surface area contributed by atoms with Crippen LogP contribution in [0.1, 0.15) is 19.8 Å². The number of hydrogen-bond acceptors (Lipinski definition) is 3. The Kier molecular flexibility index (Phi) is 4.91. The number of piperidine rings is 1. The van der Waals surface area contributed by atoms with E-state index < -0.39 is 10.2 Å². The van der Waals surface area contributed by atoms with Crippen LogP contribution in [-0.2, 0) is 15.0 Å². The summed E-state index contributed by atoms with van der Waals surface area (Å²) in [4.78, 5) is 11.7. The Bertz CT molecular complexity index is 367. The first-order chi connectivity index (χ1) is 7.89. The lowest BCUT2D eigenvalue weighted by Crippen LogP contribution is -2.48. The van der Waals surface area contributed by atoms with Gasteiger partial charge in [0.05, 0.1) is 5.92 Å². The van der Waals surface area contributed by atoms with Crippen molar-refractivity contribution in [3.63, 3.8) is 0 Å². The fourth-order valence-electron chi connectivity index (χ4n) is 1.92. The predicted molar refractivity (Wildman–Crippen MR) is 65.6 cm³/mol. The molecule has 0 spiro atoms. The number of carbonyl (C=O) groups excluding carboxylic acids is 1. The average molecular weight is 263 g/mol. The molecule has 0 radical (unpaired) electrons. The molecule has 1 N–H and O–H groups in total. The number of amides is 1. The number of rotatable bonds is 4. The number of nitrogens with one attached hydrogen (secondary N) is 1. The minimum atomic E-state index is -3.39. The lowest BCUT2D eigenvalue weighted by Gasteiger charge is -2.32. The number of nitrogens with zero attached hydrogens (tertiary/aromatic N) is 2. The second-order valence-electron chi connectivity index (χ2n) is 4.38. The molecule has 1 fully saturated rings. The van der Waals surface area contributed by atoms with Crippen LogP contribution in [0.5, 0.6) is 0 Å². The van der Waals surface area contributed by atoms with Gasteiger partial charge in [-0.3, -0.25) is 4.79 Å². The molecule has 1 atom stereocenters. The second-order valence-corrected chi connectivity index (χ2v) is 6.52. The summed E-state index contributed by atoms with van der Waals surface area (Å²) in [6.45, 7) is 3.22. The molecule has 1 aliphatic heterocycles. The SMILES string of the molecule is CCNC(=O)C1CCCN(S(=O)(=O)N(C)C)C1. The van der Waals surface area contributed by atoms with Crippen LogP contribution in [0.2, 0.25) is 0 Å². The Morgan fingerprint density at radius 2 is 2.12 bits per heavy atom. The van der Waals surface area contributed by atoms with Gasteiger partial charge in [0.2, 0.25) is 5.91 Å². The maximum Gasteiger partial charge on any atom is 0.281 e. The van der Waals surface area contributed by atoms with Crippen LogP contribution < -0.4 is 5.32 Å². The van der Waals surface area contributed by atoms with E-state index in [2.05, 4.69) is 5.32 Å². The van der Waals surface area contributed by atoms with Crippen molar-refractivity contribution in [3.8, 4) is 0 Å². The zero-order valence-corrected chi connectivity index (χ0v) is 11.5.